The van der Waals surface area contributed by atoms with Crippen LogP contribution in [0.3, 0.4) is 0 Å². The number of benzene rings is 2. The predicted octanol–water partition coefficient (Wildman–Crippen LogP) is 5.17. The molecule has 32 heavy (non-hydrogen) atoms. The van der Waals surface area contributed by atoms with Gasteiger partial charge in [0.1, 0.15) is 0 Å². The average Bonchev–Trinajstić information content (AvgIpc) is 3.04. The summed E-state index contributed by atoms with van der Waals surface area (Å²) in [5.41, 5.74) is 2.34. The fraction of sp³-hybridized carbons (Fsp3) is 0.500. The summed E-state index contributed by atoms with van der Waals surface area (Å²) in [4.78, 5) is 16.0. The summed E-state index contributed by atoms with van der Waals surface area (Å²) in [6.07, 6.45) is 4.82. The Balaban J connectivity index is 1.35. The van der Waals surface area contributed by atoms with Gasteiger partial charge in [-0.05, 0) is 73.7 Å². The number of thioether (sulfide) groups is 1. The van der Waals surface area contributed by atoms with Gasteiger partial charge in [0.2, 0.25) is 5.91 Å². The van der Waals surface area contributed by atoms with Crippen molar-refractivity contribution in [1.29, 1.82) is 0 Å². The van der Waals surface area contributed by atoms with Gasteiger partial charge in [-0.15, -0.1) is 11.8 Å². The largest absolute Gasteiger partial charge is 0.493 e. The van der Waals surface area contributed by atoms with Crippen molar-refractivity contribution in [2.24, 2.45) is 5.92 Å². The summed E-state index contributed by atoms with van der Waals surface area (Å²) in [7, 11) is 3.33. The highest BCUT2D eigenvalue weighted by Crippen LogP contribution is 2.33. The smallest absolute Gasteiger partial charge is 0.228 e. The monoisotopic (exact) mass is 456 g/mol. The first-order valence-corrected chi connectivity index (χ1v) is 12.5. The molecule has 2 aromatic carbocycles. The number of methoxy groups -OCH3 is 2. The Labute approximate surface area is 196 Å². The van der Waals surface area contributed by atoms with Crippen molar-refractivity contribution >= 4 is 23.4 Å². The average molecular weight is 457 g/mol. The molecule has 1 heterocycles. The van der Waals surface area contributed by atoms with Gasteiger partial charge in [-0.25, -0.2) is 0 Å². The Morgan fingerprint density at radius 1 is 1.09 bits per heavy atom. The van der Waals surface area contributed by atoms with Crippen molar-refractivity contribution in [3.63, 3.8) is 0 Å². The van der Waals surface area contributed by atoms with E-state index < -0.39 is 0 Å². The minimum Gasteiger partial charge on any atom is -0.493 e. The quantitative estimate of drug-likeness (QED) is 0.473. The summed E-state index contributed by atoms with van der Waals surface area (Å²) in [6.45, 7) is 4.77. The molecule has 6 heteroatoms. The third kappa shape index (κ3) is 6.91. The normalized spacial score (nSPS) is 14.4. The van der Waals surface area contributed by atoms with Crippen molar-refractivity contribution in [3.8, 4) is 11.5 Å². The van der Waals surface area contributed by atoms with Crippen LogP contribution in [0.25, 0.3) is 0 Å². The molecule has 1 unspecified atom stereocenters. The van der Waals surface area contributed by atoms with Crippen molar-refractivity contribution in [2.45, 2.75) is 43.9 Å². The Morgan fingerprint density at radius 2 is 1.91 bits per heavy atom. The van der Waals surface area contributed by atoms with E-state index in [2.05, 4.69) is 36.5 Å². The summed E-state index contributed by atoms with van der Waals surface area (Å²) < 4.78 is 10.7. The van der Waals surface area contributed by atoms with Crippen LogP contribution in [0.5, 0.6) is 11.5 Å². The summed E-state index contributed by atoms with van der Waals surface area (Å²) in [5, 5.41) is 3.47. The lowest BCUT2D eigenvalue weighted by atomic mass is 9.98. The van der Waals surface area contributed by atoms with Crippen molar-refractivity contribution in [1.82, 2.24) is 5.32 Å². The van der Waals surface area contributed by atoms with E-state index >= 15 is 0 Å². The first-order chi connectivity index (χ1) is 15.6. The number of aryl methyl sites for hydroxylation is 1. The Hall–Kier alpha value is -2.18. The van der Waals surface area contributed by atoms with Gasteiger partial charge in [0.05, 0.1) is 19.9 Å². The molecule has 0 radical (unpaired) electrons. The fourth-order valence-electron chi connectivity index (χ4n) is 3.98. The van der Waals surface area contributed by atoms with Crippen LogP contribution < -0.4 is 19.7 Å². The topological polar surface area (TPSA) is 50.8 Å². The molecular formula is C26H36N2O3S. The van der Waals surface area contributed by atoms with E-state index in [1.807, 2.05) is 34.9 Å². The molecule has 0 bridgehead atoms. The van der Waals surface area contributed by atoms with Gasteiger partial charge in [-0.2, -0.15) is 0 Å². The lowest BCUT2D eigenvalue weighted by Gasteiger charge is -2.22. The highest BCUT2D eigenvalue weighted by Gasteiger charge is 2.20. The Morgan fingerprint density at radius 3 is 2.72 bits per heavy atom. The second-order valence-corrected chi connectivity index (χ2v) is 9.47. The van der Waals surface area contributed by atoms with E-state index in [0.717, 1.165) is 68.3 Å². The van der Waals surface area contributed by atoms with Gasteiger partial charge in [-0.3, -0.25) is 4.79 Å². The predicted molar refractivity (Wildman–Crippen MR) is 133 cm³/mol. The number of ether oxygens (including phenoxy) is 2. The SMILES string of the molecule is COc1ccc(CCC(C)CCNCCC(=O)N2CCCSc3ccccc32)cc1OC. The van der Waals surface area contributed by atoms with E-state index in [0.29, 0.717) is 12.3 Å². The standard InChI is InChI=1S/C26H36N2O3S/c1-20(9-10-21-11-12-23(30-2)24(19-21)31-3)13-15-27-16-14-26(29)28-17-6-18-32-25-8-5-4-7-22(25)28/h4-5,7-8,11-12,19-20,27H,6,9-10,13-18H2,1-3H3. The zero-order chi connectivity index (χ0) is 22.8. The van der Waals surface area contributed by atoms with Crippen LogP contribution in [0.1, 0.15) is 38.2 Å². The number of carbonyl (C=O) groups excluding carboxylic acids is 1. The summed E-state index contributed by atoms with van der Waals surface area (Å²) in [6, 6.07) is 14.4. The highest BCUT2D eigenvalue weighted by atomic mass is 32.2. The van der Waals surface area contributed by atoms with Crippen LogP contribution in [0, 0.1) is 5.92 Å². The molecule has 0 saturated heterocycles. The molecule has 3 rings (SSSR count). The number of nitrogens with zero attached hydrogens (tertiary/aromatic N) is 1. The number of rotatable bonds is 11. The number of anilines is 1. The molecular weight excluding hydrogens is 420 g/mol. The van der Waals surface area contributed by atoms with E-state index in [9.17, 15) is 4.79 Å². The molecule has 1 aliphatic rings. The van der Waals surface area contributed by atoms with E-state index in [-0.39, 0.29) is 5.91 Å². The number of fused-ring (bicyclic) bond motifs is 1. The lowest BCUT2D eigenvalue weighted by Crippen LogP contribution is -2.34. The molecule has 1 atom stereocenters. The molecule has 1 N–H and O–H groups in total. The molecule has 0 spiro atoms. The number of hydrogen-bond acceptors (Lipinski definition) is 5. The maximum atomic E-state index is 12.8. The minimum atomic E-state index is 0.217. The van der Waals surface area contributed by atoms with Crippen LogP contribution in [0.15, 0.2) is 47.4 Å². The lowest BCUT2D eigenvalue weighted by molar-refractivity contribution is -0.118. The first-order valence-electron chi connectivity index (χ1n) is 11.6. The maximum absolute atomic E-state index is 12.8. The molecule has 1 aliphatic heterocycles. The number of amides is 1. The fourth-order valence-corrected chi connectivity index (χ4v) is 4.98. The molecule has 2 aromatic rings. The zero-order valence-electron chi connectivity index (χ0n) is 19.6. The van der Waals surface area contributed by atoms with Gasteiger partial charge in [0.15, 0.2) is 11.5 Å². The molecule has 174 valence electrons. The minimum absolute atomic E-state index is 0.217. The Bertz CT molecular complexity index is 874. The van der Waals surface area contributed by atoms with Crippen LogP contribution in [0.4, 0.5) is 5.69 Å². The number of para-hydroxylation sites is 1. The second-order valence-electron chi connectivity index (χ2n) is 8.34. The molecule has 0 aliphatic carbocycles. The van der Waals surface area contributed by atoms with Crippen LogP contribution in [-0.4, -0.2) is 45.5 Å². The number of hydrogen-bond donors (Lipinski definition) is 1. The van der Waals surface area contributed by atoms with Gasteiger partial charge < -0.3 is 19.7 Å². The van der Waals surface area contributed by atoms with Crippen molar-refractivity contribution in [2.75, 3.05) is 44.5 Å². The third-order valence-corrected chi connectivity index (χ3v) is 7.09. The Kier molecular flexibility index (Phi) is 9.75. The zero-order valence-corrected chi connectivity index (χ0v) is 20.4. The van der Waals surface area contributed by atoms with E-state index in [1.54, 1.807) is 14.2 Å². The van der Waals surface area contributed by atoms with Crippen LogP contribution in [-0.2, 0) is 11.2 Å². The maximum Gasteiger partial charge on any atom is 0.228 e. The molecule has 0 fully saturated rings. The number of carbonyl (C=O) groups is 1. The van der Waals surface area contributed by atoms with E-state index in [4.69, 9.17) is 9.47 Å². The first kappa shape index (κ1) is 24.5. The molecule has 5 nitrogen and oxygen atoms in total. The van der Waals surface area contributed by atoms with Crippen LogP contribution in [0.2, 0.25) is 0 Å². The van der Waals surface area contributed by atoms with Gasteiger partial charge in [0, 0.05) is 24.4 Å². The summed E-state index contributed by atoms with van der Waals surface area (Å²) in [5.74, 6) is 3.45. The van der Waals surface area contributed by atoms with Gasteiger partial charge in [0.25, 0.3) is 0 Å². The molecule has 0 aromatic heterocycles. The van der Waals surface area contributed by atoms with Crippen molar-refractivity contribution in [3.05, 3.63) is 48.0 Å². The van der Waals surface area contributed by atoms with Crippen molar-refractivity contribution < 1.29 is 14.3 Å². The molecule has 1 amide bonds. The number of nitrogens with one attached hydrogen (secondary N) is 1. The summed E-state index contributed by atoms with van der Waals surface area (Å²) >= 11 is 1.85. The van der Waals surface area contributed by atoms with Gasteiger partial charge in [-0.1, -0.05) is 25.1 Å². The molecule has 0 saturated carbocycles. The van der Waals surface area contributed by atoms with E-state index in [1.165, 1.54) is 10.5 Å². The van der Waals surface area contributed by atoms with Gasteiger partial charge >= 0.3 is 0 Å². The second kappa shape index (κ2) is 12.8. The van der Waals surface area contributed by atoms with Crippen LogP contribution >= 0.6 is 11.8 Å². The third-order valence-electron chi connectivity index (χ3n) is 5.94. The highest BCUT2D eigenvalue weighted by molar-refractivity contribution is 7.99.